The molecule has 0 aromatic carbocycles. The predicted octanol–water partition coefficient (Wildman–Crippen LogP) is 4.39. The zero-order chi connectivity index (χ0) is 12.3. The van der Waals surface area contributed by atoms with Crippen LogP contribution in [0.3, 0.4) is 0 Å². The van der Waals surface area contributed by atoms with Gasteiger partial charge >= 0.3 is 0 Å². The van der Waals surface area contributed by atoms with Gasteiger partial charge in [-0.25, -0.2) is 0 Å². The van der Waals surface area contributed by atoms with Crippen LogP contribution in [0, 0.1) is 0 Å². The third-order valence-electron chi connectivity index (χ3n) is 3.36. The quantitative estimate of drug-likeness (QED) is 0.535. The normalized spacial score (nSPS) is 19.3. The molecule has 2 heteroatoms. The molecular formula is C15H29NS. The van der Waals surface area contributed by atoms with Gasteiger partial charge in [0.1, 0.15) is 0 Å². The van der Waals surface area contributed by atoms with Crippen molar-refractivity contribution in [1.82, 2.24) is 5.32 Å². The lowest BCUT2D eigenvalue weighted by Gasteiger charge is -2.22. The van der Waals surface area contributed by atoms with E-state index < -0.39 is 0 Å². The molecule has 0 aliphatic heterocycles. The highest BCUT2D eigenvalue weighted by Gasteiger charge is 2.13. The van der Waals surface area contributed by atoms with Crippen LogP contribution in [0.4, 0.5) is 0 Å². The van der Waals surface area contributed by atoms with E-state index in [0.717, 1.165) is 6.54 Å². The summed E-state index contributed by atoms with van der Waals surface area (Å²) < 4.78 is 0. The van der Waals surface area contributed by atoms with E-state index in [1.54, 1.807) is 5.57 Å². The Morgan fingerprint density at radius 1 is 1.24 bits per heavy atom. The lowest BCUT2D eigenvalue weighted by atomic mass is 9.95. The van der Waals surface area contributed by atoms with E-state index in [4.69, 9.17) is 0 Å². The Labute approximate surface area is 112 Å². The fraction of sp³-hybridized carbons (Fsp3) is 0.867. The zero-order valence-electron chi connectivity index (χ0n) is 11.6. The van der Waals surface area contributed by atoms with Gasteiger partial charge in [-0.3, -0.25) is 0 Å². The van der Waals surface area contributed by atoms with E-state index in [1.807, 2.05) is 0 Å². The summed E-state index contributed by atoms with van der Waals surface area (Å²) in [7, 11) is 0. The van der Waals surface area contributed by atoms with Crippen molar-refractivity contribution in [2.45, 2.75) is 64.8 Å². The molecule has 0 fully saturated rings. The first kappa shape index (κ1) is 15.1. The first-order valence-corrected chi connectivity index (χ1v) is 8.54. The van der Waals surface area contributed by atoms with Crippen LogP contribution in [-0.2, 0) is 0 Å². The van der Waals surface area contributed by atoms with E-state index in [9.17, 15) is 0 Å². The summed E-state index contributed by atoms with van der Waals surface area (Å²) in [6, 6.07) is 0.634. The summed E-state index contributed by atoms with van der Waals surface area (Å²) in [6.07, 6.45) is 12.1. The Bertz CT molecular complexity index is 213. The van der Waals surface area contributed by atoms with Crippen LogP contribution in [0.25, 0.3) is 0 Å². The number of likely N-dealkylation sites (N-methyl/N-ethyl adjacent to an activating group) is 1. The average molecular weight is 255 g/mol. The molecule has 1 unspecified atom stereocenters. The maximum absolute atomic E-state index is 3.67. The van der Waals surface area contributed by atoms with Gasteiger partial charge in [-0.05, 0) is 44.4 Å². The fourth-order valence-corrected chi connectivity index (χ4v) is 3.44. The van der Waals surface area contributed by atoms with Crippen molar-refractivity contribution in [1.29, 1.82) is 0 Å². The summed E-state index contributed by atoms with van der Waals surface area (Å²) in [5.74, 6) is 2.56. The van der Waals surface area contributed by atoms with Crippen LogP contribution < -0.4 is 5.32 Å². The lowest BCUT2D eigenvalue weighted by molar-refractivity contribution is 0.566. The second kappa shape index (κ2) is 10.0. The molecule has 17 heavy (non-hydrogen) atoms. The largest absolute Gasteiger partial charge is 0.310 e. The average Bonchev–Trinajstić information content (AvgIpc) is 2.28. The van der Waals surface area contributed by atoms with Crippen LogP contribution in [-0.4, -0.2) is 24.1 Å². The summed E-state index contributed by atoms with van der Waals surface area (Å²) in [4.78, 5) is 0. The Morgan fingerprint density at radius 2 is 2.06 bits per heavy atom. The van der Waals surface area contributed by atoms with E-state index in [-0.39, 0.29) is 0 Å². The Morgan fingerprint density at radius 3 is 2.82 bits per heavy atom. The minimum atomic E-state index is 0.634. The van der Waals surface area contributed by atoms with Crippen LogP contribution in [0.2, 0.25) is 0 Å². The number of hydrogen-bond donors (Lipinski definition) is 1. The molecule has 0 radical (unpaired) electrons. The van der Waals surface area contributed by atoms with Crippen molar-refractivity contribution in [3.8, 4) is 0 Å². The summed E-state index contributed by atoms with van der Waals surface area (Å²) in [6.45, 7) is 5.58. The van der Waals surface area contributed by atoms with Crippen molar-refractivity contribution in [2.75, 3.05) is 18.1 Å². The molecule has 0 heterocycles. The molecule has 0 spiro atoms. The Balaban J connectivity index is 2.46. The zero-order valence-corrected chi connectivity index (χ0v) is 12.5. The monoisotopic (exact) mass is 255 g/mol. The van der Waals surface area contributed by atoms with Gasteiger partial charge < -0.3 is 5.32 Å². The van der Waals surface area contributed by atoms with Crippen LogP contribution in [0.1, 0.15) is 58.8 Å². The van der Waals surface area contributed by atoms with Crippen molar-refractivity contribution in [3.05, 3.63) is 11.6 Å². The van der Waals surface area contributed by atoms with Crippen LogP contribution >= 0.6 is 11.8 Å². The van der Waals surface area contributed by atoms with E-state index in [1.165, 1.54) is 56.5 Å². The third-order valence-corrected chi connectivity index (χ3v) is 4.62. The van der Waals surface area contributed by atoms with Crippen molar-refractivity contribution < 1.29 is 0 Å². The molecule has 1 aliphatic carbocycles. The molecule has 1 rings (SSSR count). The highest BCUT2D eigenvalue weighted by atomic mass is 32.2. The van der Waals surface area contributed by atoms with Gasteiger partial charge in [-0.2, -0.15) is 11.8 Å². The van der Waals surface area contributed by atoms with Gasteiger partial charge in [0.15, 0.2) is 0 Å². The molecule has 100 valence electrons. The third kappa shape index (κ3) is 6.52. The molecule has 1 N–H and O–H groups in total. The van der Waals surface area contributed by atoms with Crippen LogP contribution in [0.15, 0.2) is 11.6 Å². The number of hydrogen-bond acceptors (Lipinski definition) is 2. The SMILES string of the molecule is CCCSCC(NCC)C1=CCCCCCC1. The topological polar surface area (TPSA) is 12.0 Å². The molecule has 0 aromatic heterocycles. The first-order valence-electron chi connectivity index (χ1n) is 7.38. The summed E-state index contributed by atoms with van der Waals surface area (Å²) in [5.41, 5.74) is 1.69. The Kier molecular flexibility index (Phi) is 8.90. The molecule has 0 bridgehead atoms. The molecule has 0 amide bonds. The number of thioether (sulfide) groups is 1. The van der Waals surface area contributed by atoms with Gasteiger partial charge in [0.2, 0.25) is 0 Å². The number of allylic oxidation sites excluding steroid dienone is 1. The number of rotatable bonds is 7. The smallest absolute Gasteiger partial charge is 0.0370 e. The molecule has 1 atom stereocenters. The minimum Gasteiger partial charge on any atom is -0.310 e. The molecular weight excluding hydrogens is 226 g/mol. The molecule has 1 aliphatic rings. The number of nitrogens with one attached hydrogen (secondary N) is 1. The minimum absolute atomic E-state index is 0.634. The van der Waals surface area contributed by atoms with Gasteiger partial charge in [-0.15, -0.1) is 0 Å². The standard InChI is InChI=1S/C15H29NS/c1-3-12-17-13-15(16-4-2)14-10-8-6-5-7-9-11-14/h10,15-16H,3-9,11-13H2,1-2H3. The Hall–Kier alpha value is 0.0500. The summed E-state index contributed by atoms with van der Waals surface area (Å²) >= 11 is 2.10. The fourth-order valence-electron chi connectivity index (χ4n) is 2.42. The highest BCUT2D eigenvalue weighted by Crippen LogP contribution is 2.21. The van der Waals surface area contributed by atoms with Crippen molar-refractivity contribution in [2.24, 2.45) is 0 Å². The van der Waals surface area contributed by atoms with E-state index >= 15 is 0 Å². The molecule has 0 saturated heterocycles. The van der Waals surface area contributed by atoms with Crippen molar-refractivity contribution >= 4 is 11.8 Å². The van der Waals surface area contributed by atoms with Gasteiger partial charge in [0.05, 0.1) is 0 Å². The molecule has 1 nitrogen and oxygen atoms in total. The maximum Gasteiger partial charge on any atom is 0.0370 e. The van der Waals surface area contributed by atoms with E-state index in [2.05, 4.69) is 37.0 Å². The lowest BCUT2D eigenvalue weighted by Crippen LogP contribution is -2.33. The van der Waals surface area contributed by atoms with Crippen molar-refractivity contribution in [3.63, 3.8) is 0 Å². The summed E-state index contributed by atoms with van der Waals surface area (Å²) in [5, 5.41) is 3.67. The van der Waals surface area contributed by atoms with Crippen LogP contribution in [0.5, 0.6) is 0 Å². The maximum atomic E-state index is 3.67. The van der Waals surface area contributed by atoms with Gasteiger partial charge in [0.25, 0.3) is 0 Å². The molecule has 0 aromatic rings. The van der Waals surface area contributed by atoms with Gasteiger partial charge in [-0.1, -0.05) is 38.3 Å². The highest BCUT2D eigenvalue weighted by molar-refractivity contribution is 7.99. The molecule has 0 saturated carbocycles. The van der Waals surface area contributed by atoms with E-state index in [0.29, 0.717) is 6.04 Å². The first-order chi connectivity index (χ1) is 8.38. The second-order valence-corrected chi connectivity index (χ2v) is 6.07. The second-order valence-electron chi connectivity index (χ2n) is 4.92. The van der Waals surface area contributed by atoms with Gasteiger partial charge in [0, 0.05) is 11.8 Å². The predicted molar refractivity (Wildman–Crippen MR) is 80.9 cm³/mol.